The minimum Gasteiger partial charge on any atom is -0.356 e. The van der Waals surface area contributed by atoms with Crippen LogP contribution in [0.2, 0.25) is 0 Å². The Kier molecular flexibility index (Phi) is 3.63. The van der Waals surface area contributed by atoms with Gasteiger partial charge in [0.05, 0.1) is 23.3 Å². The number of hydrogen-bond acceptors (Lipinski definition) is 5. The third-order valence-corrected chi connectivity index (χ3v) is 4.97. The first kappa shape index (κ1) is 15.9. The monoisotopic (exact) mass is 360 g/mol. The summed E-state index contributed by atoms with van der Waals surface area (Å²) >= 11 is 0. The van der Waals surface area contributed by atoms with E-state index in [0.29, 0.717) is 6.54 Å². The van der Waals surface area contributed by atoms with E-state index in [4.69, 9.17) is 9.51 Å². The number of benzene rings is 2. The van der Waals surface area contributed by atoms with Gasteiger partial charge < -0.3 is 9.42 Å². The van der Waals surface area contributed by atoms with Crippen LogP contribution in [0.1, 0.15) is 17.0 Å². The molecule has 2 aromatic heterocycles. The van der Waals surface area contributed by atoms with Crippen LogP contribution in [-0.2, 0) is 13.0 Å². The summed E-state index contributed by atoms with van der Waals surface area (Å²) in [6.45, 7) is 3.40. The molecule has 0 fully saturated rings. The van der Waals surface area contributed by atoms with Gasteiger partial charge in [0.25, 0.3) is 0 Å². The van der Waals surface area contributed by atoms with Gasteiger partial charge in [-0.25, -0.2) is 14.4 Å². The Morgan fingerprint density at radius 2 is 1.74 bits per heavy atom. The Hall–Kier alpha value is -3.28. The summed E-state index contributed by atoms with van der Waals surface area (Å²) in [6.07, 6.45) is 0.791. The minimum atomic E-state index is -0.260. The molecule has 0 atom stereocenters. The zero-order valence-electron chi connectivity index (χ0n) is 14.8. The Labute approximate surface area is 155 Å². The van der Waals surface area contributed by atoms with Gasteiger partial charge in [-0.3, -0.25) is 0 Å². The van der Waals surface area contributed by atoms with Crippen LogP contribution in [0.3, 0.4) is 0 Å². The normalized spacial score (nSPS) is 13.8. The van der Waals surface area contributed by atoms with Gasteiger partial charge in [0.1, 0.15) is 11.5 Å². The van der Waals surface area contributed by atoms with Crippen molar-refractivity contribution in [3.05, 3.63) is 71.3 Å². The van der Waals surface area contributed by atoms with E-state index in [-0.39, 0.29) is 5.82 Å². The summed E-state index contributed by atoms with van der Waals surface area (Å²) in [5.74, 6) is 1.35. The van der Waals surface area contributed by atoms with Crippen LogP contribution in [0.25, 0.3) is 22.4 Å². The van der Waals surface area contributed by atoms with Gasteiger partial charge >= 0.3 is 0 Å². The van der Waals surface area contributed by atoms with Gasteiger partial charge in [-0.05, 0) is 49.7 Å². The van der Waals surface area contributed by atoms with Crippen molar-refractivity contribution in [3.63, 3.8) is 0 Å². The molecule has 1 aliphatic heterocycles. The van der Waals surface area contributed by atoms with Gasteiger partial charge in [-0.1, -0.05) is 17.3 Å². The Morgan fingerprint density at radius 3 is 2.52 bits per heavy atom. The molecule has 0 aliphatic carbocycles. The van der Waals surface area contributed by atoms with Crippen molar-refractivity contribution in [3.8, 4) is 11.3 Å². The predicted octanol–water partition coefficient (Wildman–Crippen LogP) is 4.30. The van der Waals surface area contributed by atoms with Crippen molar-refractivity contribution in [2.45, 2.75) is 19.9 Å². The van der Waals surface area contributed by atoms with Gasteiger partial charge in [0.15, 0.2) is 11.6 Å². The van der Waals surface area contributed by atoms with Crippen LogP contribution in [0.15, 0.2) is 53.1 Å². The average Bonchev–Trinajstić information content (AvgIpc) is 3.11. The molecule has 0 unspecified atom stereocenters. The second-order valence-corrected chi connectivity index (χ2v) is 6.74. The molecule has 134 valence electrons. The topological polar surface area (TPSA) is 55.1 Å². The minimum absolute atomic E-state index is 0.260. The number of rotatable bonds is 2. The average molecular weight is 360 g/mol. The first-order chi connectivity index (χ1) is 13.2. The number of hydrogen-bond donors (Lipinski definition) is 0. The molecular weight excluding hydrogens is 343 g/mol. The quantitative estimate of drug-likeness (QED) is 0.534. The summed E-state index contributed by atoms with van der Waals surface area (Å²) in [5.41, 5.74) is 5.52. The van der Waals surface area contributed by atoms with E-state index in [2.05, 4.69) is 15.0 Å². The molecule has 5 rings (SSSR count). The third kappa shape index (κ3) is 2.73. The van der Waals surface area contributed by atoms with Gasteiger partial charge in [-0.2, -0.15) is 0 Å². The summed E-state index contributed by atoms with van der Waals surface area (Å²) in [7, 11) is 0. The van der Waals surface area contributed by atoms with Gasteiger partial charge in [-0.15, -0.1) is 0 Å². The number of halogens is 1. The molecule has 2 aromatic carbocycles. The van der Waals surface area contributed by atoms with E-state index in [1.165, 1.54) is 12.1 Å². The maximum Gasteiger partial charge on any atom is 0.170 e. The lowest BCUT2D eigenvalue weighted by molar-refractivity contribution is 0.423. The lowest BCUT2D eigenvalue weighted by Gasteiger charge is -2.28. The molecular formula is C21H17FN4O. The SMILES string of the molecule is Cc1nc2ccccc2nc1N1CCc2c(noc2-c2ccc(F)cc2)C1. The number of anilines is 1. The number of para-hydroxylation sites is 2. The molecule has 0 spiro atoms. The van der Waals surface area contributed by atoms with Crippen LogP contribution in [0.4, 0.5) is 10.2 Å². The lowest BCUT2D eigenvalue weighted by Crippen LogP contribution is -2.31. The highest BCUT2D eigenvalue weighted by Gasteiger charge is 2.26. The van der Waals surface area contributed by atoms with E-state index >= 15 is 0 Å². The van der Waals surface area contributed by atoms with E-state index in [1.54, 1.807) is 12.1 Å². The largest absolute Gasteiger partial charge is 0.356 e. The highest BCUT2D eigenvalue weighted by molar-refractivity contribution is 5.76. The maximum atomic E-state index is 13.2. The van der Waals surface area contributed by atoms with Crippen LogP contribution in [0, 0.1) is 12.7 Å². The van der Waals surface area contributed by atoms with Crippen molar-refractivity contribution in [1.82, 2.24) is 15.1 Å². The summed E-state index contributed by atoms with van der Waals surface area (Å²) in [5, 5.41) is 4.26. The molecule has 0 radical (unpaired) electrons. The molecule has 0 saturated carbocycles. The third-order valence-electron chi connectivity index (χ3n) is 4.97. The second-order valence-electron chi connectivity index (χ2n) is 6.74. The molecule has 3 heterocycles. The summed E-state index contributed by atoms with van der Waals surface area (Å²) in [6, 6.07) is 14.2. The molecule has 27 heavy (non-hydrogen) atoms. The van der Waals surface area contributed by atoms with Crippen molar-refractivity contribution in [1.29, 1.82) is 0 Å². The fourth-order valence-corrected chi connectivity index (χ4v) is 3.62. The maximum absolute atomic E-state index is 13.2. The fraction of sp³-hybridized carbons (Fsp3) is 0.190. The number of nitrogens with zero attached hydrogens (tertiary/aromatic N) is 4. The zero-order chi connectivity index (χ0) is 18.4. The van der Waals surface area contributed by atoms with Crippen LogP contribution >= 0.6 is 0 Å². The smallest absolute Gasteiger partial charge is 0.170 e. The zero-order valence-corrected chi connectivity index (χ0v) is 14.8. The summed E-state index contributed by atoms with van der Waals surface area (Å²) in [4.78, 5) is 11.7. The van der Waals surface area contributed by atoms with Gasteiger partial charge in [0.2, 0.25) is 0 Å². The summed E-state index contributed by atoms with van der Waals surface area (Å²) < 4.78 is 18.8. The molecule has 0 saturated heterocycles. The Balaban J connectivity index is 1.49. The number of aryl methyl sites for hydroxylation is 1. The Bertz CT molecular complexity index is 1140. The van der Waals surface area contributed by atoms with Crippen LogP contribution in [-0.4, -0.2) is 21.7 Å². The van der Waals surface area contributed by atoms with E-state index in [9.17, 15) is 4.39 Å². The number of aromatic nitrogens is 3. The van der Waals surface area contributed by atoms with Crippen LogP contribution < -0.4 is 4.90 Å². The van der Waals surface area contributed by atoms with E-state index in [1.807, 2.05) is 31.2 Å². The highest BCUT2D eigenvalue weighted by Crippen LogP contribution is 2.32. The predicted molar refractivity (Wildman–Crippen MR) is 101 cm³/mol. The van der Waals surface area contributed by atoms with Crippen molar-refractivity contribution < 1.29 is 8.91 Å². The molecule has 4 aromatic rings. The molecule has 5 nitrogen and oxygen atoms in total. The first-order valence-corrected chi connectivity index (χ1v) is 8.91. The standard InChI is InChI=1S/C21H17FN4O/c1-13-21(24-18-5-3-2-4-17(18)23-13)26-11-10-16-19(12-26)25-27-20(16)14-6-8-15(22)9-7-14/h2-9H,10-12H2,1H3. The first-order valence-electron chi connectivity index (χ1n) is 8.91. The Morgan fingerprint density at radius 1 is 1.00 bits per heavy atom. The van der Waals surface area contributed by atoms with Crippen molar-refractivity contribution in [2.75, 3.05) is 11.4 Å². The van der Waals surface area contributed by atoms with Crippen molar-refractivity contribution in [2.24, 2.45) is 0 Å². The number of fused-ring (bicyclic) bond motifs is 2. The van der Waals surface area contributed by atoms with Gasteiger partial charge in [0, 0.05) is 17.7 Å². The molecule has 1 aliphatic rings. The van der Waals surface area contributed by atoms with Crippen LogP contribution in [0.5, 0.6) is 0 Å². The van der Waals surface area contributed by atoms with E-state index < -0.39 is 0 Å². The molecule has 6 heteroatoms. The second kappa shape index (κ2) is 6.16. The molecule has 0 N–H and O–H groups in total. The molecule has 0 amide bonds. The van der Waals surface area contributed by atoms with Crippen molar-refractivity contribution >= 4 is 16.9 Å². The fourth-order valence-electron chi connectivity index (χ4n) is 3.62. The van der Waals surface area contributed by atoms with E-state index in [0.717, 1.165) is 58.1 Å². The molecule has 0 bridgehead atoms. The lowest BCUT2D eigenvalue weighted by atomic mass is 10.0. The highest BCUT2D eigenvalue weighted by atomic mass is 19.1.